The molecule has 0 aromatic rings. The molecule has 1 atom stereocenters. The predicted molar refractivity (Wildman–Crippen MR) is 78.5 cm³/mol. The number of carboxylic acid groups (broad SMARTS) is 2. The van der Waals surface area contributed by atoms with Gasteiger partial charge in [0.15, 0.2) is 0 Å². The Morgan fingerprint density at radius 1 is 1.10 bits per heavy atom. The van der Waals surface area contributed by atoms with Crippen molar-refractivity contribution in [1.29, 1.82) is 0 Å². The van der Waals surface area contributed by atoms with Gasteiger partial charge in [0, 0.05) is 64.2 Å². The van der Waals surface area contributed by atoms with Crippen LogP contribution in [-0.2, 0) is 9.59 Å². The second kappa shape index (κ2) is 10.5. The van der Waals surface area contributed by atoms with Crippen molar-refractivity contribution in [3.8, 4) is 0 Å². The summed E-state index contributed by atoms with van der Waals surface area (Å²) in [6.07, 6.45) is -0.765. The molecule has 0 aromatic heterocycles. The third kappa shape index (κ3) is 7.96. The van der Waals surface area contributed by atoms with Gasteiger partial charge in [0.1, 0.15) is 6.04 Å². The van der Waals surface area contributed by atoms with Crippen molar-refractivity contribution in [2.45, 2.75) is 18.9 Å². The third-order valence-electron chi connectivity index (χ3n) is 3.02. The van der Waals surface area contributed by atoms with Crippen molar-refractivity contribution in [3.05, 3.63) is 0 Å². The number of nitrogens with one attached hydrogen (secondary N) is 3. The molecule has 0 radical (unpaired) electrons. The molecule has 0 aliphatic carbocycles. The molecule has 21 heavy (non-hydrogen) atoms. The molecule has 0 saturated carbocycles. The minimum absolute atomic E-state index is 0.0786. The molecule has 1 saturated heterocycles. The molecule has 0 spiro atoms. The van der Waals surface area contributed by atoms with Crippen molar-refractivity contribution < 1.29 is 25.3 Å². The molecule has 1 aliphatic heterocycles. The summed E-state index contributed by atoms with van der Waals surface area (Å²) in [5.74, 6) is -2.57. The van der Waals surface area contributed by atoms with E-state index in [0.717, 1.165) is 4.90 Å². The zero-order chi connectivity index (χ0) is 19.1. The minimum atomic E-state index is -2.66. The van der Waals surface area contributed by atoms with Crippen LogP contribution in [0.4, 0.5) is 0 Å². The molecule has 8 nitrogen and oxygen atoms in total. The maximum absolute atomic E-state index is 11.6. The molecule has 5 N–H and O–H groups in total. The van der Waals surface area contributed by atoms with E-state index in [0.29, 0.717) is 19.6 Å². The zero-order valence-corrected chi connectivity index (χ0v) is 11.9. The second-order valence-electron chi connectivity index (χ2n) is 4.64. The van der Waals surface area contributed by atoms with Crippen molar-refractivity contribution in [3.63, 3.8) is 0 Å². The fourth-order valence-corrected chi connectivity index (χ4v) is 1.91. The Hall–Kier alpha value is -1.22. The normalized spacial score (nSPS) is 28.6. The first-order valence-electron chi connectivity index (χ1n) is 8.97. The lowest BCUT2D eigenvalue weighted by Crippen LogP contribution is -2.48. The van der Waals surface area contributed by atoms with Gasteiger partial charge in [0.05, 0.1) is 0 Å². The Kier molecular flexibility index (Phi) is 6.17. The molecule has 1 unspecified atom stereocenters. The van der Waals surface area contributed by atoms with Gasteiger partial charge >= 0.3 is 11.9 Å². The number of hydrogen-bond acceptors (Lipinski definition) is 6. The molecular formula is C13H26N4O4. The number of carbonyl (C=O) groups is 2. The van der Waals surface area contributed by atoms with Gasteiger partial charge in [-0.2, -0.15) is 0 Å². The van der Waals surface area contributed by atoms with Crippen LogP contribution in [-0.4, -0.2) is 85.4 Å². The summed E-state index contributed by atoms with van der Waals surface area (Å²) < 4.78 is 32.5. The highest BCUT2D eigenvalue weighted by atomic mass is 16.4. The van der Waals surface area contributed by atoms with Gasteiger partial charge in [-0.3, -0.25) is 14.5 Å². The van der Waals surface area contributed by atoms with Crippen LogP contribution in [0.25, 0.3) is 0 Å². The van der Waals surface area contributed by atoms with Crippen LogP contribution in [0.1, 0.15) is 18.3 Å². The minimum Gasteiger partial charge on any atom is -0.481 e. The van der Waals surface area contributed by atoms with E-state index >= 15 is 0 Å². The van der Waals surface area contributed by atoms with Crippen LogP contribution in [0.15, 0.2) is 0 Å². The van der Waals surface area contributed by atoms with E-state index in [1.165, 1.54) is 0 Å². The molecule has 1 aliphatic rings. The van der Waals surface area contributed by atoms with E-state index in [2.05, 4.69) is 16.0 Å². The summed E-state index contributed by atoms with van der Waals surface area (Å²) in [5.41, 5.74) is 0. The van der Waals surface area contributed by atoms with E-state index < -0.39 is 37.4 Å². The lowest BCUT2D eigenvalue weighted by molar-refractivity contribution is -0.144. The van der Waals surface area contributed by atoms with Crippen LogP contribution in [0.5, 0.6) is 0 Å². The average Bonchev–Trinajstić information content (AvgIpc) is 2.49. The largest absolute Gasteiger partial charge is 0.481 e. The molecule has 1 heterocycles. The van der Waals surface area contributed by atoms with Gasteiger partial charge in [-0.15, -0.1) is 0 Å². The Morgan fingerprint density at radius 3 is 2.33 bits per heavy atom. The predicted octanol–water partition coefficient (Wildman–Crippen LogP) is -1.61. The summed E-state index contributed by atoms with van der Waals surface area (Å²) in [4.78, 5) is 23.3. The Bertz CT molecular complexity index is 467. The van der Waals surface area contributed by atoms with Crippen LogP contribution in [0, 0.1) is 0 Å². The fraction of sp³-hybridized carbons (Fsp3) is 0.846. The fourth-order valence-electron chi connectivity index (χ4n) is 1.91. The SMILES string of the molecule is [2H]C1([2H])NCCNCCNCCN(C(CCC(=O)O)C(=O)O)C1([2H])[2H]. The molecule has 1 fully saturated rings. The first-order chi connectivity index (χ1) is 11.6. The van der Waals surface area contributed by atoms with Crippen LogP contribution in [0.2, 0.25) is 0 Å². The molecule has 1 rings (SSSR count). The summed E-state index contributed by atoms with van der Waals surface area (Å²) in [7, 11) is 0. The van der Waals surface area contributed by atoms with E-state index in [4.69, 9.17) is 10.6 Å². The van der Waals surface area contributed by atoms with E-state index in [1.54, 1.807) is 0 Å². The number of nitrogens with zero attached hydrogens (tertiary/aromatic N) is 1. The van der Waals surface area contributed by atoms with Gasteiger partial charge in [-0.25, -0.2) is 0 Å². The van der Waals surface area contributed by atoms with Crippen LogP contribution < -0.4 is 16.0 Å². The van der Waals surface area contributed by atoms with Crippen LogP contribution >= 0.6 is 0 Å². The molecule has 0 bridgehead atoms. The zero-order valence-electron chi connectivity index (χ0n) is 15.9. The van der Waals surface area contributed by atoms with Gasteiger partial charge in [0.25, 0.3) is 0 Å². The molecule has 0 aromatic carbocycles. The molecule has 122 valence electrons. The van der Waals surface area contributed by atoms with Gasteiger partial charge in [-0.1, -0.05) is 0 Å². The van der Waals surface area contributed by atoms with Crippen LogP contribution in [0.3, 0.4) is 0 Å². The van der Waals surface area contributed by atoms with Crippen molar-refractivity contribution in [1.82, 2.24) is 20.9 Å². The highest BCUT2D eigenvalue weighted by molar-refractivity contribution is 5.75. The lowest BCUT2D eigenvalue weighted by Gasteiger charge is -2.29. The summed E-state index contributed by atoms with van der Waals surface area (Å²) in [6.45, 7) is -3.19. The molecule has 8 heteroatoms. The Balaban J connectivity index is 3.10. The number of carboxylic acids is 2. The summed E-state index contributed by atoms with van der Waals surface area (Å²) in [6, 6.07) is -1.45. The van der Waals surface area contributed by atoms with Gasteiger partial charge in [0.2, 0.25) is 0 Å². The first-order valence-corrected chi connectivity index (χ1v) is 6.97. The van der Waals surface area contributed by atoms with Crippen molar-refractivity contribution >= 4 is 11.9 Å². The average molecular weight is 306 g/mol. The number of hydrogen-bond donors (Lipinski definition) is 5. The monoisotopic (exact) mass is 306 g/mol. The highest BCUT2D eigenvalue weighted by Gasteiger charge is 2.25. The second-order valence-corrected chi connectivity index (χ2v) is 4.64. The standard InChI is InChI=1S/C13H26N4O4/c18-12(19)2-1-11(13(20)21)17-9-7-15-5-3-14-4-6-16-8-10-17/h11,14-16H,1-10H2,(H,18,19)(H,20,21)/i7D2,9D2. The summed E-state index contributed by atoms with van der Waals surface area (Å²) in [5, 5.41) is 26.9. The number of rotatable bonds is 5. The van der Waals surface area contributed by atoms with Gasteiger partial charge < -0.3 is 26.2 Å². The quantitative estimate of drug-likeness (QED) is 0.412. The highest BCUT2D eigenvalue weighted by Crippen LogP contribution is 2.07. The van der Waals surface area contributed by atoms with E-state index in [1.807, 2.05) is 0 Å². The molecule has 0 amide bonds. The maximum Gasteiger partial charge on any atom is 0.320 e. The Morgan fingerprint density at radius 2 is 1.71 bits per heavy atom. The van der Waals surface area contributed by atoms with Crippen molar-refractivity contribution in [2.24, 2.45) is 0 Å². The van der Waals surface area contributed by atoms with E-state index in [-0.39, 0.29) is 26.1 Å². The van der Waals surface area contributed by atoms with E-state index in [9.17, 15) is 14.7 Å². The number of aliphatic carboxylic acids is 2. The summed E-state index contributed by atoms with van der Waals surface area (Å²) >= 11 is 0. The Labute approximate surface area is 130 Å². The third-order valence-corrected chi connectivity index (χ3v) is 3.02. The maximum atomic E-state index is 11.6. The smallest absolute Gasteiger partial charge is 0.320 e. The topological polar surface area (TPSA) is 114 Å². The molecular weight excluding hydrogens is 276 g/mol. The van der Waals surface area contributed by atoms with Crippen molar-refractivity contribution in [2.75, 3.05) is 52.3 Å². The lowest BCUT2D eigenvalue weighted by atomic mass is 10.1. The van der Waals surface area contributed by atoms with Gasteiger partial charge in [-0.05, 0) is 6.42 Å². The first kappa shape index (κ1) is 12.3.